The van der Waals surface area contributed by atoms with Crippen LogP contribution in [0.4, 0.5) is 0 Å². The average Bonchev–Trinajstić information content (AvgIpc) is 3.11. The van der Waals surface area contributed by atoms with E-state index in [0.29, 0.717) is 5.11 Å². The van der Waals surface area contributed by atoms with Gasteiger partial charge < -0.3 is 14.8 Å². The van der Waals surface area contributed by atoms with Gasteiger partial charge in [0, 0.05) is 18.7 Å². The second-order valence-corrected chi connectivity index (χ2v) is 6.30. The third-order valence-electron chi connectivity index (χ3n) is 4.29. The lowest BCUT2D eigenvalue weighted by molar-refractivity contribution is 0.114. The molecule has 124 valence electrons. The summed E-state index contributed by atoms with van der Waals surface area (Å²) in [4.78, 5) is 0. The summed E-state index contributed by atoms with van der Waals surface area (Å²) < 4.78 is 10.9. The Kier molecular flexibility index (Phi) is 5.46. The molecular formula is C17H23N3O2S. The molecule has 0 spiro atoms. The Bertz CT molecular complexity index is 598. The molecule has 1 saturated heterocycles. The van der Waals surface area contributed by atoms with Crippen molar-refractivity contribution in [3.63, 3.8) is 0 Å². The van der Waals surface area contributed by atoms with E-state index in [0.717, 1.165) is 56.7 Å². The van der Waals surface area contributed by atoms with Crippen molar-refractivity contribution in [2.75, 3.05) is 20.3 Å². The highest BCUT2D eigenvalue weighted by molar-refractivity contribution is 7.80. The van der Waals surface area contributed by atoms with Crippen LogP contribution in [0, 0.1) is 0 Å². The first-order chi connectivity index (χ1) is 11.3. The first-order valence-corrected chi connectivity index (χ1v) is 8.56. The highest BCUT2D eigenvalue weighted by Crippen LogP contribution is 2.25. The maximum Gasteiger partial charge on any atom is 0.187 e. The zero-order valence-electron chi connectivity index (χ0n) is 13.4. The molecule has 2 aliphatic rings. The molecule has 0 bridgehead atoms. The maximum atomic E-state index is 5.57. The number of hydrogen-bond acceptors (Lipinski definition) is 4. The molecule has 0 saturated carbocycles. The molecule has 3 rings (SSSR count). The van der Waals surface area contributed by atoms with E-state index >= 15 is 0 Å². The van der Waals surface area contributed by atoms with Gasteiger partial charge in [-0.3, -0.25) is 5.43 Å². The Morgan fingerprint density at radius 2 is 2.30 bits per heavy atom. The third kappa shape index (κ3) is 4.20. The molecule has 0 unspecified atom stereocenters. The number of hydrogen-bond donors (Lipinski definition) is 2. The van der Waals surface area contributed by atoms with Gasteiger partial charge in [0.25, 0.3) is 0 Å². The van der Waals surface area contributed by atoms with Gasteiger partial charge >= 0.3 is 0 Å². The number of hydrazone groups is 1. The van der Waals surface area contributed by atoms with Crippen LogP contribution in [-0.4, -0.2) is 37.2 Å². The number of fused-ring (bicyclic) bond motifs is 1. The summed E-state index contributed by atoms with van der Waals surface area (Å²) in [6, 6.07) is 6.16. The van der Waals surface area contributed by atoms with E-state index in [-0.39, 0.29) is 6.10 Å². The number of nitrogens with zero attached hydrogens (tertiary/aromatic N) is 1. The molecule has 0 amide bonds. The minimum absolute atomic E-state index is 0.269. The number of rotatable bonds is 4. The predicted molar refractivity (Wildman–Crippen MR) is 95.2 cm³/mol. The number of thiocarbonyl (C=S) groups is 1. The van der Waals surface area contributed by atoms with Crippen molar-refractivity contribution in [1.82, 2.24) is 10.7 Å². The summed E-state index contributed by atoms with van der Waals surface area (Å²) in [5.41, 5.74) is 6.49. The summed E-state index contributed by atoms with van der Waals surface area (Å²) in [6.45, 7) is 1.60. The fraction of sp³-hybridized carbons (Fsp3) is 0.529. The Morgan fingerprint density at radius 1 is 1.39 bits per heavy atom. The van der Waals surface area contributed by atoms with Crippen molar-refractivity contribution in [3.8, 4) is 5.75 Å². The molecule has 1 heterocycles. The van der Waals surface area contributed by atoms with Gasteiger partial charge in [-0.25, -0.2) is 0 Å². The van der Waals surface area contributed by atoms with Gasteiger partial charge in [-0.2, -0.15) is 5.10 Å². The van der Waals surface area contributed by atoms with Crippen LogP contribution < -0.4 is 15.5 Å². The summed E-state index contributed by atoms with van der Waals surface area (Å²) >= 11 is 5.29. The lowest BCUT2D eigenvalue weighted by Gasteiger charge is -2.19. The van der Waals surface area contributed by atoms with E-state index in [1.54, 1.807) is 7.11 Å². The highest BCUT2D eigenvalue weighted by Gasteiger charge is 2.17. The van der Waals surface area contributed by atoms with E-state index in [1.807, 2.05) is 6.07 Å². The highest BCUT2D eigenvalue weighted by atomic mass is 32.1. The van der Waals surface area contributed by atoms with Crippen LogP contribution in [0.25, 0.3) is 0 Å². The molecule has 1 aliphatic heterocycles. The molecule has 1 aromatic rings. The Balaban J connectivity index is 1.58. The van der Waals surface area contributed by atoms with Crippen LogP contribution in [0.5, 0.6) is 5.75 Å². The molecule has 6 heteroatoms. The standard InChI is InChI=1S/C17H23N3O2S/c1-21-13-7-8-15-12(10-13)4-2-6-16(15)19-20-17(23)18-11-14-5-3-9-22-14/h7-8,10,14H,2-6,9,11H2,1H3,(H2,18,20,23)/b19-16-/t14-/m0/s1. The molecule has 1 aliphatic carbocycles. The number of ether oxygens (including phenoxy) is 2. The van der Waals surface area contributed by atoms with Crippen LogP contribution in [0.15, 0.2) is 23.3 Å². The van der Waals surface area contributed by atoms with E-state index in [4.69, 9.17) is 21.7 Å². The van der Waals surface area contributed by atoms with Gasteiger partial charge in [-0.15, -0.1) is 0 Å². The minimum atomic E-state index is 0.269. The van der Waals surface area contributed by atoms with Crippen molar-refractivity contribution < 1.29 is 9.47 Å². The predicted octanol–water partition coefficient (Wildman–Crippen LogP) is 2.38. The first kappa shape index (κ1) is 16.2. The number of nitrogens with one attached hydrogen (secondary N) is 2. The Labute approximate surface area is 142 Å². The molecule has 0 radical (unpaired) electrons. The van der Waals surface area contributed by atoms with Gasteiger partial charge in [0.15, 0.2) is 5.11 Å². The van der Waals surface area contributed by atoms with E-state index in [9.17, 15) is 0 Å². The Hall–Kier alpha value is -1.66. The van der Waals surface area contributed by atoms with Crippen molar-refractivity contribution in [3.05, 3.63) is 29.3 Å². The van der Waals surface area contributed by atoms with Gasteiger partial charge in [0.05, 0.1) is 18.9 Å². The largest absolute Gasteiger partial charge is 0.497 e. The topological polar surface area (TPSA) is 54.9 Å². The lowest BCUT2D eigenvalue weighted by Crippen LogP contribution is -2.37. The SMILES string of the molecule is COc1ccc2c(c1)CCC/C2=N/NC(=S)NC[C@@H]1CCCO1. The molecule has 0 aromatic heterocycles. The summed E-state index contributed by atoms with van der Waals surface area (Å²) in [6.07, 6.45) is 5.62. The summed E-state index contributed by atoms with van der Waals surface area (Å²) in [5.74, 6) is 0.895. The van der Waals surface area contributed by atoms with Gasteiger partial charge in [0.1, 0.15) is 5.75 Å². The van der Waals surface area contributed by atoms with Gasteiger partial charge in [-0.1, -0.05) is 0 Å². The number of methoxy groups -OCH3 is 1. The molecule has 23 heavy (non-hydrogen) atoms. The quantitative estimate of drug-likeness (QED) is 0.654. The lowest BCUT2D eigenvalue weighted by atomic mass is 9.90. The first-order valence-electron chi connectivity index (χ1n) is 8.15. The summed E-state index contributed by atoms with van der Waals surface area (Å²) in [5, 5.41) is 8.23. The smallest absolute Gasteiger partial charge is 0.187 e. The monoisotopic (exact) mass is 333 g/mol. The molecule has 1 aromatic carbocycles. The molecule has 5 nitrogen and oxygen atoms in total. The molecular weight excluding hydrogens is 310 g/mol. The van der Waals surface area contributed by atoms with E-state index < -0.39 is 0 Å². The zero-order chi connectivity index (χ0) is 16.1. The van der Waals surface area contributed by atoms with Crippen LogP contribution >= 0.6 is 12.2 Å². The number of aryl methyl sites for hydroxylation is 1. The van der Waals surface area contributed by atoms with Crippen molar-refractivity contribution in [2.45, 2.75) is 38.2 Å². The second kappa shape index (κ2) is 7.75. The Morgan fingerprint density at radius 3 is 3.09 bits per heavy atom. The molecule has 1 atom stereocenters. The van der Waals surface area contributed by atoms with Gasteiger partial charge in [0.2, 0.25) is 0 Å². The molecule has 1 fully saturated rings. The van der Waals surface area contributed by atoms with E-state index in [2.05, 4.69) is 28.0 Å². The van der Waals surface area contributed by atoms with Crippen LogP contribution in [0.3, 0.4) is 0 Å². The average molecular weight is 333 g/mol. The second-order valence-electron chi connectivity index (χ2n) is 5.89. The minimum Gasteiger partial charge on any atom is -0.497 e. The van der Waals surface area contributed by atoms with Crippen molar-refractivity contribution in [2.24, 2.45) is 5.10 Å². The van der Waals surface area contributed by atoms with Crippen LogP contribution in [0.1, 0.15) is 36.8 Å². The fourth-order valence-corrected chi connectivity index (χ4v) is 3.18. The van der Waals surface area contributed by atoms with Crippen molar-refractivity contribution in [1.29, 1.82) is 0 Å². The fourth-order valence-electron chi connectivity index (χ4n) is 3.05. The zero-order valence-corrected chi connectivity index (χ0v) is 14.2. The van der Waals surface area contributed by atoms with Crippen LogP contribution in [0.2, 0.25) is 0 Å². The maximum absolute atomic E-state index is 5.57. The van der Waals surface area contributed by atoms with Crippen molar-refractivity contribution >= 4 is 23.0 Å². The van der Waals surface area contributed by atoms with Gasteiger partial charge in [-0.05, 0) is 68.1 Å². The van der Waals surface area contributed by atoms with Crippen LogP contribution in [-0.2, 0) is 11.2 Å². The van der Waals surface area contributed by atoms with E-state index in [1.165, 1.54) is 11.1 Å². The molecule has 2 N–H and O–H groups in total. The normalized spacial score (nSPS) is 21.8. The third-order valence-corrected chi connectivity index (χ3v) is 4.53. The number of benzene rings is 1. The summed E-state index contributed by atoms with van der Waals surface area (Å²) in [7, 11) is 1.69.